The molecule has 0 saturated carbocycles. The Bertz CT molecular complexity index is 1040. The molecular weight excluding hydrogens is 433 g/mol. The SMILES string of the molecule is CC(C)(C)OP(=O)(Oc1cccc(Nc2nc(-c3ccncc3)cs2)c1)OC(C)(C)C. The first-order valence-corrected chi connectivity index (χ1v) is 12.2. The normalized spacial score (nSPS) is 12.6. The van der Waals surface area contributed by atoms with Gasteiger partial charge in [0.1, 0.15) is 5.75 Å². The highest BCUT2D eigenvalue weighted by Crippen LogP contribution is 2.55. The Morgan fingerprint density at radius 3 is 2.23 bits per heavy atom. The van der Waals surface area contributed by atoms with Gasteiger partial charge < -0.3 is 9.84 Å². The van der Waals surface area contributed by atoms with Gasteiger partial charge in [0.15, 0.2) is 5.13 Å². The summed E-state index contributed by atoms with van der Waals surface area (Å²) in [6, 6.07) is 10.9. The maximum absolute atomic E-state index is 13.3. The van der Waals surface area contributed by atoms with E-state index in [1.165, 1.54) is 11.3 Å². The molecule has 0 aliphatic rings. The number of nitrogens with one attached hydrogen (secondary N) is 1. The minimum Gasteiger partial charge on any atom is -0.404 e. The van der Waals surface area contributed by atoms with Crippen molar-refractivity contribution in [3.05, 3.63) is 54.2 Å². The lowest BCUT2D eigenvalue weighted by molar-refractivity contribution is 0.0224. The Hall–Kier alpha value is -2.25. The lowest BCUT2D eigenvalue weighted by Crippen LogP contribution is -2.25. The minimum atomic E-state index is -3.87. The van der Waals surface area contributed by atoms with E-state index >= 15 is 0 Å². The Morgan fingerprint density at radius 1 is 0.968 bits per heavy atom. The zero-order valence-corrected chi connectivity index (χ0v) is 20.3. The van der Waals surface area contributed by atoms with Gasteiger partial charge >= 0.3 is 7.82 Å². The van der Waals surface area contributed by atoms with E-state index in [1.54, 1.807) is 72.1 Å². The van der Waals surface area contributed by atoms with Crippen LogP contribution in [0.3, 0.4) is 0 Å². The first-order chi connectivity index (χ1) is 14.4. The summed E-state index contributed by atoms with van der Waals surface area (Å²) in [5.41, 5.74) is 1.19. The van der Waals surface area contributed by atoms with Crippen LogP contribution in [0.15, 0.2) is 54.2 Å². The molecule has 9 heteroatoms. The number of benzene rings is 1. The summed E-state index contributed by atoms with van der Waals surface area (Å²) in [6.45, 7) is 10.8. The number of phosphoric acid groups is 1. The molecule has 1 aromatic carbocycles. The molecule has 1 N–H and O–H groups in total. The number of nitrogens with zero attached hydrogens (tertiary/aromatic N) is 2. The highest BCUT2D eigenvalue weighted by atomic mass is 32.1. The van der Waals surface area contributed by atoms with Crippen LogP contribution in [0.25, 0.3) is 11.3 Å². The van der Waals surface area contributed by atoms with Crippen LogP contribution in [0.1, 0.15) is 41.5 Å². The van der Waals surface area contributed by atoms with E-state index in [0.29, 0.717) is 5.75 Å². The van der Waals surface area contributed by atoms with E-state index in [0.717, 1.165) is 22.1 Å². The molecule has 2 aromatic heterocycles. The van der Waals surface area contributed by atoms with Crippen molar-refractivity contribution in [2.75, 3.05) is 5.32 Å². The molecule has 0 bridgehead atoms. The number of anilines is 2. The Morgan fingerprint density at radius 2 is 1.61 bits per heavy atom. The van der Waals surface area contributed by atoms with Gasteiger partial charge in [-0.1, -0.05) is 6.07 Å². The molecule has 31 heavy (non-hydrogen) atoms. The standard InChI is InChI=1S/C22H28N3O4PS/c1-21(2,3)28-30(26,29-22(4,5)6)27-18-9-7-8-17(14-18)24-20-25-19(15-31-20)16-10-12-23-13-11-16/h7-15H,1-6H3,(H,24,25). The van der Waals surface area contributed by atoms with Crippen LogP contribution in [-0.4, -0.2) is 21.2 Å². The zero-order valence-electron chi connectivity index (χ0n) is 18.6. The van der Waals surface area contributed by atoms with Crippen molar-refractivity contribution in [1.29, 1.82) is 0 Å². The molecule has 0 fully saturated rings. The van der Waals surface area contributed by atoms with E-state index < -0.39 is 19.0 Å². The van der Waals surface area contributed by atoms with Gasteiger partial charge in [-0.3, -0.25) is 14.0 Å². The lowest BCUT2D eigenvalue weighted by atomic mass is 10.2. The molecule has 0 saturated heterocycles. The smallest absolute Gasteiger partial charge is 0.404 e. The number of aromatic nitrogens is 2. The quantitative estimate of drug-likeness (QED) is 0.377. The zero-order chi connectivity index (χ0) is 22.7. The van der Waals surface area contributed by atoms with Gasteiger partial charge in [-0.15, -0.1) is 11.3 Å². The largest absolute Gasteiger partial charge is 0.531 e. The van der Waals surface area contributed by atoms with Gasteiger partial charge in [0.05, 0.1) is 16.9 Å². The predicted octanol–water partition coefficient (Wildman–Crippen LogP) is 7.07. The highest BCUT2D eigenvalue weighted by molar-refractivity contribution is 7.49. The van der Waals surface area contributed by atoms with Crippen LogP contribution < -0.4 is 9.84 Å². The van der Waals surface area contributed by atoms with Gasteiger partial charge in [0, 0.05) is 35.1 Å². The van der Waals surface area contributed by atoms with Crippen molar-refractivity contribution in [3.63, 3.8) is 0 Å². The topological polar surface area (TPSA) is 82.6 Å². The van der Waals surface area contributed by atoms with E-state index in [1.807, 2.05) is 23.6 Å². The van der Waals surface area contributed by atoms with Gasteiger partial charge in [-0.05, 0) is 65.8 Å². The monoisotopic (exact) mass is 461 g/mol. The fraction of sp³-hybridized carbons (Fsp3) is 0.364. The molecule has 0 atom stereocenters. The third kappa shape index (κ3) is 7.43. The van der Waals surface area contributed by atoms with Crippen molar-refractivity contribution in [3.8, 4) is 17.0 Å². The van der Waals surface area contributed by atoms with Crippen molar-refractivity contribution in [2.24, 2.45) is 0 Å². The van der Waals surface area contributed by atoms with Crippen molar-refractivity contribution < 1.29 is 18.1 Å². The van der Waals surface area contributed by atoms with Crippen LogP contribution in [0, 0.1) is 0 Å². The van der Waals surface area contributed by atoms with Gasteiger partial charge in [-0.25, -0.2) is 9.55 Å². The summed E-state index contributed by atoms with van der Waals surface area (Å²) in [5, 5.41) is 5.96. The first-order valence-electron chi connectivity index (χ1n) is 9.85. The summed E-state index contributed by atoms with van der Waals surface area (Å²) in [6.07, 6.45) is 3.47. The van der Waals surface area contributed by atoms with Gasteiger partial charge in [0.2, 0.25) is 0 Å². The maximum Gasteiger partial charge on any atom is 0.531 e. The second-order valence-corrected chi connectivity index (χ2v) is 11.2. The Balaban J connectivity index is 1.77. The van der Waals surface area contributed by atoms with Crippen LogP contribution >= 0.6 is 19.2 Å². The summed E-state index contributed by atoms with van der Waals surface area (Å²) in [7, 11) is -3.87. The average Bonchev–Trinajstić information content (AvgIpc) is 3.07. The number of thiazole rings is 1. The molecular formula is C22H28N3O4PS. The van der Waals surface area contributed by atoms with Crippen LogP contribution in [0.2, 0.25) is 0 Å². The number of phosphoric ester groups is 1. The van der Waals surface area contributed by atoms with E-state index in [4.69, 9.17) is 13.6 Å². The second kappa shape index (κ2) is 9.09. The van der Waals surface area contributed by atoms with E-state index in [2.05, 4.69) is 15.3 Å². The molecule has 3 aromatic rings. The molecule has 0 aliphatic heterocycles. The minimum absolute atomic E-state index is 0.368. The van der Waals surface area contributed by atoms with Crippen LogP contribution in [0.4, 0.5) is 10.8 Å². The third-order valence-electron chi connectivity index (χ3n) is 3.55. The van der Waals surface area contributed by atoms with Crippen LogP contribution in [-0.2, 0) is 13.6 Å². The fourth-order valence-corrected chi connectivity index (χ4v) is 5.16. The maximum atomic E-state index is 13.3. The molecule has 0 spiro atoms. The Kier molecular flexibility index (Phi) is 6.86. The van der Waals surface area contributed by atoms with Gasteiger partial charge in [0.25, 0.3) is 0 Å². The molecule has 7 nitrogen and oxygen atoms in total. The first kappa shape index (κ1) is 23.4. The van der Waals surface area contributed by atoms with E-state index in [-0.39, 0.29) is 0 Å². The molecule has 166 valence electrons. The highest BCUT2D eigenvalue weighted by Gasteiger charge is 2.38. The predicted molar refractivity (Wildman–Crippen MR) is 125 cm³/mol. The molecule has 0 aliphatic carbocycles. The number of hydrogen-bond donors (Lipinski definition) is 1. The summed E-state index contributed by atoms with van der Waals surface area (Å²) < 4.78 is 30.5. The average molecular weight is 462 g/mol. The molecule has 3 rings (SSSR count). The molecule has 0 unspecified atom stereocenters. The number of rotatable bonds is 7. The lowest BCUT2D eigenvalue weighted by Gasteiger charge is -2.30. The fourth-order valence-electron chi connectivity index (χ4n) is 2.60. The summed E-state index contributed by atoms with van der Waals surface area (Å²) in [5.74, 6) is 0.368. The molecule has 0 radical (unpaired) electrons. The number of hydrogen-bond acceptors (Lipinski definition) is 8. The van der Waals surface area contributed by atoms with Crippen molar-refractivity contribution in [1.82, 2.24) is 9.97 Å². The molecule has 2 heterocycles. The third-order valence-corrected chi connectivity index (χ3v) is 6.29. The van der Waals surface area contributed by atoms with Crippen LogP contribution in [0.5, 0.6) is 5.75 Å². The summed E-state index contributed by atoms with van der Waals surface area (Å²) in [4.78, 5) is 8.64. The van der Waals surface area contributed by atoms with E-state index in [9.17, 15) is 4.57 Å². The molecule has 0 amide bonds. The number of pyridine rings is 1. The van der Waals surface area contributed by atoms with Gasteiger partial charge in [-0.2, -0.15) is 0 Å². The summed E-state index contributed by atoms with van der Waals surface area (Å²) >= 11 is 1.49. The second-order valence-electron chi connectivity index (χ2n) is 8.87. The van der Waals surface area contributed by atoms with Crippen molar-refractivity contribution >= 4 is 30.0 Å². The van der Waals surface area contributed by atoms with Crippen molar-refractivity contribution in [2.45, 2.75) is 52.7 Å². The Labute approximate surface area is 187 Å².